The second-order valence-corrected chi connectivity index (χ2v) is 4.52. The molecular weight excluding hydrogens is 250 g/mol. The molecule has 0 saturated heterocycles. The van der Waals surface area contributed by atoms with Gasteiger partial charge in [-0.2, -0.15) is 0 Å². The average molecular weight is 273 g/mol. The molecule has 0 heterocycles. The molecule has 0 aliphatic carbocycles. The minimum Gasteiger partial charge on any atom is -0.480 e. The van der Waals surface area contributed by atoms with Crippen LogP contribution in [0, 0.1) is 0 Å². The highest BCUT2D eigenvalue weighted by Crippen LogP contribution is 2.10. The van der Waals surface area contributed by atoms with E-state index in [1.807, 2.05) is 6.92 Å². The SMILES string of the molecule is CCCN(CC(=O)NC)C(=O)NC(C)(CC)C(=O)O. The quantitative estimate of drug-likeness (QED) is 0.625. The molecule has 110 valence electrons. The van der Waals surface area contributed by atoms with E-state index in [2.05, 4.69) is 10.6 Å². The number of carboxylic acids is 1. The van der Waals surface area contributed by atoms with Crippen molar-refractivity contribution in [3.63, 3.8) is 0 Å². The Kier molecular flexibility index (Phi) is 6.89. The molecule has 0 spiro atoms. The molecule has 19 heavy (non-hydrogen) atoms. The Bertz CT molecular complexity index is 346. The molecule has 0 fully saturated rings. The maximum Gasteiger partial charge on any atom is 0.329 e. The molecule has 0 aliphatic rings. The lowest BCUT2D eigenvalue weighted by molar-refractivity contribution is -0.143. The Balaban J connectivity index is 4.81. The van der Waals surface area contributed by atoms with Gasteiger partial charge in [0.1, 0.15) is 12.1 Å². The summed E-state index contributed by atoms with van der Waals surface area (Å²) in [6.07, 6.45) is 0.939. The first-order chi connectivity index (χ1) is 8.80. The summed E-state index contributed by atoms with van der Waals surface area (Å²) in [5.41, 5.74) is -1.33. The first-order valence-electron chi connectivity index (χ1n) is 6.31. The number of carbonyl (C=O) groups excluding carboxylic acids is 2. The van der Waals surface area contributed by atoms with E-state index in [0.29, 0.717) is 13.0 Å². The molecule has 0 saturated carbocycles. The maximum absolute atomic E-state index is 12.0. The monoisotopic (exact) mass is 273 g/mol. The number of hydrogen-bond donors (Lipinski definition) is 3. The van der Waals surface area contributed by atoms with E-state index in [0.717, 1.165) is 0 Å². The summed E-state index contributed by atoms with van der Waals surface area (Å²) in [6, 6.07) is -0.544. The lowest BCUT2D eigenvalue weighted by atomic mass is 10.00. The minimum atomic E-state index is -1.33. The predicted octanol–water partition coefficient (Wildman–Crippen LogP) is 0.407. The number of nitrogens with zero attached hydrogens (tertiary/aromatic N) is 1. The normalized spacial score (nSPS) is 13.3. The van der Waals surface area contributed by atoms with Crippen LogP contribution in [0.4, 0.5) is 4.79 Å². The highest BCUT2D eigenvalue weighted by Gasteiger charge is 2.34. The van der Waals surface area contributed by atoms with Crippen LogP contribution < -0.4 is 10.6 Å². The lowest BCUT2D eigenvalue weighted by Gasteiger charge is -2.29. The van der Waals surface area contributed by atoms with Crippen LogP contribution in [0.15, 0.2) is 0 Å². The summed E-state index contributed by atoms with van der Waals surface area (Å²) in [5.74, 6) is -1.39. The van der Waals surface area contributed by atoms with Gasteiger partial charge >= 0.3 is 12.0 Å². The summed E-state index contributed by atoms with van der Waals surface area (Å²) in [5, 5.41) is 14.0. The Labute approximate surface area is 113 Å². The number of rotatable bonds is 7. The molecule has 1 unspecified atom stereocenters. The Hall–Kier alpha value is -1.79. The average Bonchev–Trinajstić information content (AvgIpc) is 2.37. The molecule has 0 radical (unpaired) electrons. The van der Waals surface area contributed by atoms with E-state index < -0.39 is 17.5 Å². The van der Waals surface area contributed by atoms with Gasteiger partial charge in [0.2, 0.25) is 5.91 Å². The number of urea groups is 1. The summed E-state index contributed by atoms with van der Waals surface area (Å²) >= 11 is 0. The number of nitrogens with one attached hydrogen (secondary N) is 2. The molecule has 3 amide bonds. The maximum atomic E-state index is 12.0. The van der Waals surface area contributed by atoms with Gasteiger partial charge in [-0.05, 0) is 19.8 Å². The number of carboxylic acid groups (broad SMARTS) is 1. The molecule has 1 atom stereocenters. The van der Waals surface area contributed by atoms with Crippen molar-refractivity contribution in [2.75, 3.05) is 20.1 Å². The number of aliphatic carboxylic acids is 1. The van der Waals surface area contributed by atoms with Crippen molar-refractivity contribution in [2.45, 2.75) is 39.2 Å². The van der Waals surface area contributed by atoms with Gasteiger partial charge in [-0.1, -0.05) is 13.8 Å². The van der Waals surface area contributed by atoms with Crippen molar-refractivity contribution < 1.29 is 19.5 Å². The highest BCUT2D eigenvalue weighted by molar-refractivity contribution is 5.88. The van der Waals surface area contributed by atoms with Crippen LogP contribution in [-0.2, 0) is 9.59 Å². The first-order valence-corrected chi connectivity index (χ1v) is 6.31. The molecule has 7 nitrogen and oxygen atoms in total. The van der Waals surface area contributed by atoms with Crippen LogP contribution in [0.3, 0.4) is 0 Å². The van der Waals surface area contributed by atoms with Crippen molar-refractivity contribution in [1.82, 2.24) is 15.5 Å². The van der Waals surface area contributed by atoms with E-state index in [4.69, 9.17) is 5.11 Å². The van der Waals surface area contributed by atoms with Crippen LogP contribution in [0.2, 0.25) is 0 Å². The van der Waals surface area contributed by atoms with E-state index in [9.17, 15) is 14.4 Å². The van der Waals surface area contributed by atoms with Crippen LogP contribution in [-0.4, -0.2) is 53.6 Å². The van der Waals surface area contributed by atoms with Gasteiger partial charge < -0.3 is 20.6 Å². The number of likely N-dealkylation sites (N-methyl/N-ethyl adjacent to an activating group) is 1. The second-order valence-electron chi connectivity index (χ2n) is 4.52. The zero-order valence-electron chi connectivity index (χ0n) is 11.9. The van der Waals surface area contributed by atoms with Gasteiger partial charge in [0.15, 0.2) is 0 Å². The summed E-state index contributed by atoms with van der Waals surface area (Å²) < 4.78 is 0. The van der Waals surface area contributed by atoms with Crippen molar-refractivity contribution >= 4 is 17.9 Å². The fourth-order valence-electron chi connectivity index (χ4n) is 1.38. The van der Waals surface area contributed by atoms with Crippen molar-refractivity contribution in [2.24, 2.45) is 0 Å². The van der Waals surface area contributed by atoms with Gasteiger partial charge in [0.25, 0.3) is 0 Å². The topological polar surface area (TPSA) is 98.7 Å². The zero-order chi connectivity index (χ0) is 15.1. The Morgan fingerprint density at radius 1 is 1.26 bits per heavy atom. The molecule has 3 N–H and O–H groups in total. The van der Waals surface area contributed by atoms with E-state index >= 15 is 0 Å². The second kappa shape index (κ2) is 7.60. The number of amides is 3. The minimum absolute atomic E-state index is 0.0877. The first kappa shape index (κ1) is 17.2. The predicted molar refractivity (Wildman–Crippen MR) is 70.8 cm³/mol. The molecule has 0 aromatic carbocycles. The van der Waals surface area contributed by atoms with Crippen LogP contribution in [0.5, 0.6) is 0 Å². The van der Waals surface area contributed by atoms with E-state index in [1.54, 1.807) is 6.92 Å². The fraction of sp³-hybridized carbons (Fsp3) is 0.750. The third kappa shape index (κ3) is 5.15. The third-order valence-corrected chi connectivity index (χ3v) is 2.96. The van der Waals surface area contributed by atoms with E-state index in [-0.39, 0.29) is 18.9 Å². The Morgan fingerprint density at radius 2 is 1.84 bits per heavy atom. The molecular formula is C12H23N3O4. The number of carbonyl (C=O) groups is 3. The largest absolute Gasteiger partial charge is 0.480 e. The smallest absolute Gasteiger partial charge is 0.329 e. The van der Waals surface area contributed by atoms with Crippen molar-refractivity contribution in [1.29, 1.82) is 0 Å². The Morgan fingerprint density at radius 3 is 2.21 bits per heavy atom. The van der Waals surface area contributed by atoms with Gasteiger partial charge in [0, 0.05) is 13.6 Å². The summed E-state index contributed by atoms with van der Waals surface area (Å²) in [4.78, 5) is 35.8. The molecule has 0 rings (SSSR count). The fourth-order valence-corrected chi connectivity index (χ4v) is 1.38. The summed E-state index contributed by atoms with van der Waals surface area (Å²) in [7, 11) is 1.48. The summed E-state index contributed by atoms with van der Waals surface area (Å²) in [6.45, 7) is 5.29. The van der Waals surface area contributed by atoms with E-state index in [1.165, 1.54) is 18.9 Å². The van der Waals surface area contributed by atoms with Gasteiger partial charge in [-0.25, -0.2) is 9.59 Å². The van der Waals surface area contributed by atoms with Gasteiger partial charge in [-0.15, -0.1) is 0 Å². The molecule has 0 aliphatic heterocycles. The van der Waals surface area contributed by atoms with Crippen LogP contribution >= 0.6 is 0 Å². The number of hydrogen-bond acceptors (Lipinski definition) is 3. The van der Waals surface area contributed by atoms with Crippen LogP contribution in [0.25, 0.3) is 0 Å². The molecule has 0 bridgehead atoms. The van der Waals surface area contributed by atoms with Gasteiger partial charge in [0.05, 0.1) is 0 Å². The molecule has 0 aromatic heterocycles. The van der Waals surface area contributed by atoms with Gasteiger partial charge in [-0.3, -0.25) is 4.79 Å². The van der Waals surface area contributed by atoms with Crippen molar-refractivity contribution in [3.05, 3.63) is 0 Å². The third-order valence-electron chi connectivity index (χ3n) is 2.96. The molecule has 0 aromatic rings. The highest BCUT2D eigenvalue weighted by atomic mass is 16.4. The zero-order valence-corrected chi connectivity index (χ0v) is 11.9. The van der Waals surface area contributed by atoms with Crippen LogP contribution in [0.1, 0.15) is 33.6 Å². The molecule has 7 heteroatoms. The lowest BCUT2D eigenvalue weighted by Crippen LogP contribution is -2.57. The standard InChI is InChI=1S/C12H23N3O4/c1-5-7-15(8-9(16)13-4)11(19)14-12(3,6-2)10(17)18/h5-8H2,1-4H3,(H,13,16)(H,14,19)(H,17,18). The van der Waals surface area contributed by atoms with Crippen molar-refractivity contribution in [3.8, 4) is 0 Å².